The summed E-state index contributed by atoms with van der Waals surface area (Å²) >= 11 is 1.44. The van der Waals surface area contributed by atoms with Crippen LogP contribution in [0.3, 0.4) is 0 Å². The Morgan fingerprint density at radius 3 is 2.88 bits per heavy atom. The molecule has 0 amide bonds. The van der Waals surface area contributed by atoms with Gasteiger partial charge in [0.25, 0.3) is 0 Å². The van der Waals surface area contributed by atoms with Crippen molar-refractivity contribution in [2.75, 3.05) is 20.6 Å². The number of rotatable bonds is 6. The number of nitrogens with one attached hydrogen (secondary N) is 1. The van der Waals surface area contributed by atoms with Gasteiger partial charge in [-0.1, -0.05) is 6.08 Å². The van der Waals surface area contributed by atoms with E-state index < -0.39 is 10.0 Å². The Hall–Kier alpha value is -0.690. The Morgan fingerprint density at radius 2 is 2.31 bits per heavy atom. The lowest BCUT2D eigenvalue weighted by Crippen LogP contribution is -2.27. The Balaban J connectivity index is 3.06. The van der Waals surface area contributed by atoms with E-state index in [9.17, 15) is 8.42 Å². The van der Waals surface area contributed by atoms with Crippen molar-refractivity contribution in [2.45, 2.75) is 11.4 Å². The van der Waals surface area contributed by atoms with Gasteiger partial charge in [-0.15, -0.1) is 17.9 Å². The lowest BCUT2D eigenvalue weighted by molar-refractivity contribution is 0.498. The zero-order chi connectivity index (χ0) is 12.2. The molecule has 0 aliphatic carbocycles. The second kappa shape index (κ2) is 5.58. The molecule has 1 aromatic rings. The van der Waals surface area contributed by atoms with Gasteiger partial charge < -0.3 is 5.32 Å². The summed E-state index contributed by atoms with van der Waals surface area (Å²) in [4.78, 5) is 1.22. The maximum Gasteiger partial charge on any atom is 0.244 e. The molecule has 0 aromatic carbocycles. The molecule has 4 nitrogen and oxygen atoms in total. The Kier molecular flexibility index (Phi) is 4.67. The molecule has 90 valence electrons. The number of sulfonamides is 1. The van der Waals surface area contributed by atoms with E-state index >= 15 is 0 Å². The zero-order valence-corrected chi connectivity index (χ0v) is 11.1. The van der Waals surface area contributed by atoms with Gasteiger partial charge in [-0.05, 0) is 18.5 Å². The summed E-state index contributed by atoms with van der Waals surface area (Å²) in [5.74, 6) is 0. The van der Waals surface area contributed by atoms with Gasteiger partial charge in [-0.2, -0.15) is 4.31 Å². The van der Waals surface area contributed by atoms with E-state index in [0.717, 1.165) is 4.88 Å². The maximum absolute atomic E-state index is 12.1. The number of hydrogen-bond donors (Lipinski definition) is 1. The minimum atomic E-state index is -3.38. The summed E-state index contributed by atoms with van der Waals surface area (Å²) in [7, 11) is -0.0295. The molecule has 1 heterocycles. The van der Waals surface area contributed by atoms with Crippen molar-refractivity contribution in [3.05, 3.63) is 29.0 Å². The first kappa shape index (κ1) is 13.4. The molecule has 6 heteroatoms. The predicted octanol–water partition coefficient (Wildman–Crippen LogP) is 1.27. The molecule has 0 fully saturated rings. The normalized spacial score (nSPS) is 11.9. The van der Waals surface area contributed by atoms with Crippen LogP contribution < -0.4 is 5.32 Å². The van der Waals surface area contributed by atoms with Crippen molar-refractivity contribution in [3.63, 3.8) is 0 Å². The van der Waals surface area contributed by atoms with E-state index in [-0.39, 0.29) is 0 Å². The van der Waals surface area contributed by atoms with E-state index in [4.69, 9.17) is 0 Å². The van der Waals surface area contributed by atoms with E-state index in [1.807, 2.05) is 0 Å². The second-order valence-electron chi connectivity index (χ2n) is 3.31. The van der Waals surface area contributed by atoms with Crippen LogP contribution in [0.15, 0.2) is 29.0 Å². The fourth-order valence-electron chi connectivity index (χ4n) is 1.30. The number of likely N-dealkylation sites (N-methyl/N-ethyl adjacent to an activating group) is 1. The molecule has 0 saturated carbocycles. The summed E-state index contributed by atoms with van der Waals surface area (Å²) < 4.78 is 25.6. The lowest BCUT2D eigenvalue weighted by atomic mass is 10.5. The third kappa shape index (κ3) is 2.70. The van der Waals surface area contributed by atoms with Gasteiger partial charge in [0.05, 0.1) is 4.90 Å². The van der Waals surface area contributed by atoms with Gasteiger partial charge in [-0.25, -0.2) is 8.42 Å². The summed E-state index contributed by atoms with van der Waals surface area (Å²) in [5, 5.41) is 4.75. The number of nitrogens with zero attached hydrogens (tertiary/aromatic N) is 1. The van der Waals surface area contributed by atoms with Crippen molar-refractivity contribution in [2.24, 2.45) is 0 Å². The average Bonchev–Trinajstić information content (AvgIpc) is 2.67. The van der Waals surface area contributed by atoms with Crippen LogP contribution in [0.4, 0.5) is 0 Å². The highest BCUT2D eigenvalue weighted by Crippen LogP contribution is 2.24. The highest BCUT2D eigenvalue weighted by molar-refractivity contribution is 7.89. The van der Waals surface area contributed by atoms with Crippen molar-refractivity contribution in [1.29, 1.82) is 0 Å². The summed E-state index contributed by atoms with van der Waals surface area (Å²) in [5.41, 5.74) is 0. The third-order valence-electron chi connectivity index (χ3n) is 2.12. The first-order valence-corrected chi connectivity index (χ1v) is 7.14. The van der Waals surface area contributed by atoms with E-state index in [1.54, 1.807) is 31.6 Å². The molecule has 0 saturated heterocycles. The molecular formula is C10H16N2O2S2. The highest BCUT2D eigenvalue weighted by Gasteiger charge is 2.23. The third-order valence-corrected chi connectivity index (χ3v) is 5.07. The van der Waals surface area contributed by atoms with Crippen molar-refractivity contribution in [3.8, 4) is 0 Å². The molecule has 0 radical (unpaired) electrons. The standard InChI is InChI=1S/C10H16N2O2S2/c1-4-6-12(3)16(13,14)10-5-7-15-9(10)8-11-2/h4-5,7,11H,1,6,8H2,2-3H3. The Bertz CT molecular complexity index is 451. The van der Waals surface area contributed by atoms with Crippen LogP contribution in [-0.4, -0.2) is 33.4 Å². The fraction of sp³-hybridized carbons (Fsp3) is 0.400. The van der Waals surface area contributed by atoms with Gasteiger partial charge in [0.2, 0.25) is 10.0 Å². The van der Waals surface area contributed by atoms with Gasteiger partial charge in [0, 0.05) is 25.0 Å². The van der Waals surface area contributed by atoms with Gasteiger partial charge >= 0.3 is 0 Å². The first-order chi connectivity index (χ1) is 7.54. The van der Waals surface area contributed by atoms with Crippen LogP contribution in [0.5, 0.6) is 0 Å². The number of thiophene rings is 1. The predicted molar refractivity (Wildman–Crippen MR) is 67.1 cm³/mol. The molecular weight excluding hydrogens is 244 g/mol. The van der Waals surface area contributed by atoms with Crippen molar-refractivity contribution >= 4 is 21.4 Å². The van der Waals surface area contributed by atoms with Crippen LogP contribution in [-0.2, 0) is 16.6 Å². The first-order valence-electron chi connectivity index (χ1n) is 4.82. The molecule has 0 aliphatic heterocycles. The summed E-state index contributed by atoms with van der Waals surface area (Å²) in [6, 6.07) is 1.65. The van der Waals surface area contributed by atoms with Crippen LogP contribution in [0.25, 0.3) is 0 Å². The van der Waals surface area contributed by atoms with Crippen LogP contribution >= 0.6 is 11.3 Å². The lowest BCUT2D eigenvalue weighted by Gasteiger charge is -2.15. The van der Waals surface area contributed by atoms with Crippen LogP contribution in [0.1, 0.15) is 4.88 Å². The minimum absolute atomic E-state index is 0.317. The SMILES string of the molecule is C=CCN(C)S(=O)(=O)c1ccsc1CNC. The average molecular weight is 260 g/mol. The zero-order valence-electron chi connectivity index (χ0n) is 9.43. The molecule has 0 spiro atoms. The summed E-state index contributed by atoms with van der Waals surface area (Å²) in [6.07, 6.45) is 1.57. The molecule has 1 rings (SSSR count). The van der Waals surface area contributed by atoms with Crippen molar-refractivity contribution < 1.29 is 8.42 Å². The molecule has 0 unspecified atom stereocenters. The van der Waals surface area contributed by atoms with Gasteiger partial charge in [0.1, 0.15) is 0 Å². The fourth-order valence-corrected chi connectivity index (χ4v) is 3.86. The molecule has 0 atom stereocenters. The monoisotopic (exact) mass is 260 g/mol. The molecule has 1 aromatic heterocycles. The summed E-state index contributed by atoms with van der Waals surface area (Å²) in [6.45, 7) is 4.42. The maximum atomic E-state index is 12.1. The number of hydrogen-bond acceptors (Lipinski definition) is 4. The van der Waals surface area contributed by atoms with Crippen LogP contribution in [0.2, 0.25) is 0 Å². The van der Waals surface area contributed by atoms with E-state index in [0.29, 0.717) is 18.0 Å². The van der Waals surface area contributed by atoms with Crippen molar-refractivity contribution in [1.82, 2.24) is 9.62 Å². The van der Waals surface area contributed by atoms with Gasteiger partial charge in [0.15, 0.2) is 0 Å². The minimum Gasteiger partial charge on any atom is -0.315 e. The topological polar surface area (TPSA) is 49.4 Å². The Morgan fingerprint density at radius 1 is 1.62 bits per heavy atom. The molecule has 16 heavy (non-hydrogen) atoms. The molecule has 1 N–H and O–H groups in total. The smallest absolute Gasteiger partial charge is 0.244 e. The van der Waals surface area contributed by atoms with E-state index in [2.05, 4.69) is 11.9 Å². The molecule has 0 aliphatic rings. The molecule has 0 bridgehead atoms. The van der Waals surface area contributed by atoms with Crippen LogP contribution in [0, 0.1) is 0 Å². The highest BCUT2D eigenvalue weighted by atomic mass is 32.2. The largest absolute Gasteiger partial charge is 0.315 e. The van der Waals surface area contributed by atoms with Gasteiger partial charge in [-0.3, -0.25) is 0 Å². The van der Waals surface area contributed by atoms with E-state index in [1.165, 1.54) is 15.6 Å². The Labute approximate surface area is 101 Å². The quantitative estimate of drug-likeness (QED) is 0.784. The second-order valence-corrected chi connectivity index (χ2v) is 6.33.